The number of piperidine rings is 1. The number of carbonyl (C=O) groups is 3. The van der Waals surface area contributed by atoms with Gasteiger partial charge >= 0.3 is 5.97 Å². The van der Waals surface area contributed by atoms with Crippen molar-refractivity contribution in [3.8, 4) is 0 Å². The summed E-state index contributed by atoms with van der Waals surface area (Å²) in [6, 6.07) is 4.69. The van der Waals surface area contributed by atoms with Crippen molar-refractivity contribution in [2.75, 3.05) is 11.5 Å². The highest BCUT2D eigenvalue weighted by atomic mass is 35.5. The second kappa shape index (κ2) is 7.81. The second-order valence-electron chi connectivity index (χ2n) is 5.55. The Balaban J connectivity index is 2.35. The fourth-order valence-corrected chi connectivity index (χ4v) is 2.80. The molecule has 2 amide bonds. The minimum Gasteiger partial charge on any atom is -0.462 e. The van der Waals surface area contributed by atoms with Gasteiger partial charge in [0.1, 0.15) is 5.03 Å². The summed E-state index contributed by atoms with van der Waals surface area (Å²) in [5.41, 5.74) is 0.826. The zero-order chi connectivity index (χ0) is 17.9. The van der Waals surface area contributed by atoms with Gasteiger partial charge in [-0.1, -0.05) is 30.1 Å². The molecule has 24 heavy (non-hydrogen) atoms. The van der Waals surface area contributed by atoms with Gasteiger partial charge in [-0.05, 0) is 42.7 Å². The van der Waals surface area contributed by atoms with Crippen molar-refractivity contribution in [3.05, 3.63) is 33.8 Å². The number of ether oxygens (including phenoxy) is 1. The molecule has 0 unspecified atom stereocenters. The van der Waals surface area contributed by atoms with Gasteiger partial charge in [0.25, 0.3) is 0 Å². The van der Waals surface area contributed by atoms with Gasteiger partial charge in [0.05, 0.1) is 12.3 Å². The summed E-state index contributed by atoms with van der Waals surface area (Å²) in [4.78, 5) is 37.1. The Morgan fingerprint density at radius 2 is 1.96 bits per heavy atom. The van der Waals surface area contributed by atoms with Crippen LogP contribution in [-0.2, 0) is 19.1 Å². The van der Waals surface area contributed by atoms with Crippen LogP contribution in [0.15, 0.2) is 23.2 Å². The van der Waals surface area contributed by atoms with Crippen molar-refractivity contribution in [2.24, 2.45) is 5.92 Å². The van der Waals surface area contributed by atoms with Crippen LogP contribution in [0.4, 0.5) is 5.69 Å². The molecule has 1 aromatic carbocycles. The van der Waals surface area contributed by atoms with Gasteiger partial charge in [0, 0.05) is 17.9 Å². The van der Waals surface area contributed by atoms with Crippen LogP contribution in [-0.4, -0.2) is 24.4 Å². The Labute approximate surface area is 150 Å². The average Bonchev–Trinajstić information content (AvgIpc) is 2.49. The first kappa shape index (κ1) is 18.5. The van der Waals surface area contributed by atoms with Crippen LogP contribution in [0.1, 0.15) is 32.3 Å². The fraction of sp³-hybridized carbons (Fsp3) is 0.353. The van der Waals surface area contributed by atoms with E-state index < -0.39 is 5.97 Å². The first-order valence-corrected chi connectivity index (χ1v) is 8.28. The highest BCUT2D eigenvalue weighted by Gasteiger charge is 2.31. The summed E-state index contributed by atoms with van der Waals surface area (Å²) in [7, 11) is 0. The van der Waals surface area contributed by atoms with Crippen LogP contribution < -0.4 is 4.90 Å². The van der Waals surface area contributed by atoms with Crippen LogP contribution in [0.2, 0.25) is 5.02 Å². The van der Waals surface area contributed by atoms with E-state index in [4.69, 9.17) is 27.9 Å². The van der Waals surface area contributed by atoms with Crippen LogP contribution in [0.3, 0.4) is 0 Å². The maximum atomic E-state index is 12.2. The monoisotopic (exact) mass is 369 g/mol. The highest BCUT2D eigenvalue weighted by molar-refractivity contribution is 6.43. The summed E-state index contributed by atoms with van der Waals surface area (Å²) in [6.45, 7) is 3.73. The number of halogens is 2. The van der Waals surface area contributed by atoms with E-state index in [0.29, 0.717) is 29.1 Å². The van der Waals surface area contributed by atoms with E-state index in [9.17, 15) is 14.4 Å². The molecule has 0 radical (unpaired) electrons. The maximum absolute atomic E-state index is 12.2. The molecule has 5 nitrogen and oxygen atoms in total. The molecule has 0 saturated carbocycles. The molecule has 1 saturated heterocycles. The molecular formula is C17H17Cl2NO4. The van der Waals surface area contributed by atoms with Gasteiger partial charge in [0.15, 0.2) is 0 Å². The Bertz CT molecular complexity index is 697. The lowest BCUT2D eigenvalue weighted by atomic mass is 9.97. The largest absolute Gasteiger partial charge is 0.462 e. The van der Waals surface area contributed by atoms with Crippen molar-refractivity contribution in [1.29, 1.82) is 0 Å². The summed E-state index contributed by atoms with van der Waals surface area (Å²) < 4.78 is 4.81. The molecule has 0 N–H and O–H groups in total. The normalized spacial score (nSPS) is 16.5. The molecule has 7 heteroatoms. The third-order valence-corrected chi connectivity index (χ3v) is 4.14. The van der Waals surface area contributed by atoms with Gasteiger partial charge in [-0.15, -0.1) is 0 Å². The van der Waals surface area contributed by atoms with E-state index in [-0.39, 0.29) is 29.4 Å². The van der Waals surface area contributed by atoms with Gasteiger partial charge < -0.3 is 4.74 Å². The van der Waals surface area contributed by atoms with Crippen LogP contribution >= 0.6 is 23.2 Å². The van der Waals surface area contributed by atoms with Gasteiger partial charge in [0.2, 0.25) is 11.8 Å². The Kier molecular flexibility index (Phi) is 6.02. The fourth-order valence-electron chi connectivity index (χ4n) is 2.45. The summed E-state index contributed by atoms with van der Waals surface area (Å²) >= 11 is 12.0. The number of esters is 1. The first-order valence-electron chi connectivity index (χ1n) is 7.53. The van der Waals surface area contributed by atoms with Crippen molar-refractivity contribution in [1.82, 2.24) is 0 Å². The first-order chi connectivity index (χ1) is 11.3. The standard InChI is InChI=1S/C17H17Cl2NO4/c1-3-24-17(23)14(19)9-11-8-12(4-5-13(11)18)20-15(21)6-10(2)7-16(20)22/h4-5,8-10H,3,6-7H2,1-2H3. The molecular weight excluding hydrogens is 353 g/mol. The zero-order valence-corrected chi connectivity index (χ0v) is 14.9. The van der Waals surface area contributed by atoms with Crippen LogP contribution in [0.25, 0.3) is 6.08 Å². The van der Waals surface area contributed by atoms with E-state index in [0.717, 1.165) is 4.90 Å². The Hall–Kier alpha value is -1.85. The molecule has 1 aromatic rings. The SMILES string of the molecule is CCOC(=O)C(Cl)=Cc1cc(N2C(=O)CC(C)CC2=O)ccc1Cl. The average molecular weight is 370 g/mol. The number of imide groups is 1. The lowest BCUT2D eigenvalue weighted by Gasteiger charge is -2.28. The molecule has 0 aliphatic carbocycles. The molecule has 128 valence electrons. The molecule has 1 aliphatic heterocycles. The lowest BCUT2D eigenvalue weighted by molar-refractivity contribution is -0.137. The van der Waals surface area contributed by atoms with Crippen molar-refractivity contribution >= 4 is 52.7 Å². The maximum Gasteiger partial charge on any atom is 0.349 e. The van der Waals surface area contributed by atoms with Crippen molar-refractivity contribution in [2.45, 2.75) is 26.7 Å². The van der Waals surface area contributed by atoms with E-state index in [2.05, 4.69) is 0 Å². The molecule has 1 fully saturated rings. The van der Waals surface area contributed by atoms with Crippen molar-refractivity contribution in [3.63, 3.8) is 0 Å². The number of hydrogen-bond donors (Lipinski definition) is 0. The van der Waals surface area contributed by atoms with Crippen LogP contribution in [0, 0.1) is 5.92 Å². The molecule has 0 bridgehead atoms. The smallest absolute Gasteiger partial charge is 0.349 e. The molecule has 0 aromatic heterocycles. The number of hydrogen-bond acceptors (Lipinski definition) is 4. The Morgan fingerprint density at radius 1 is 1.33 bits per heavy atom. The Morgan fingerprint density at radius 3 is 2.54 bits per heavy atom. The zero-order valence-electron chi connectivity index (χ0n) is 13.3. The van der Waals surface area contributed by atoms with E-state index in [1.807, 2.05) is 6.92 Å². The van der Waals surface area contributed by atoms with Crippen molar-refractivity contribution < 1.29 is 19.1 Å². The van der Waals surface area contributed by atoms with E-state index in [1.54, 1.807) is 25.1 Å². The minimum atomic E-state index is -0.667. The predicted octanol–water partition coefficient (Wildman–Crippen LogP) is 3.77. The predicted molar refractivity (Wildman–Crippen MR) is 92.8 cm³/mol. The summed E-state index contributed by atoms with van der Waals surface area (Å²) in [5, 5.41) is 0.201. The second-order valence-corrected chi connectivity index (χ2v) is 6.37. The summed E-state index contributed by atoms with van der Waals surface area (Å²) in [5.74, 6) is -1.15. The van der Waals surface area contributed by atoms with Gasteiger partial charge in [-0.3, -0.25) is 14.5 Å². The van der Waals surface area contributed by atoms with Gasteiger partial charge in [-0.2, -0.15) is 0 Å². The topological polar surface area (TPSA) is 63.7 Å². The number of rotatable bonds is 4. The number of benzene rings is 1. The quantitative estimate of drug-likeness (QED) is 0.460. The number of nitrogens with zero attached hydrogens (tertiary/aromatic N) is 1. The molecule has 2 rings (SSSR count). The van der Waals surface area contributed by atoms with E-state index >= 15 is 0 Å². The lowest BCUT2D eigenvalue weighted by Crippen LogP contribution is -2.42. The van der Waals surface area contributed by atoms with Gasteiger partial charge in [-0.25, -0.2) is 4.79 Å². The molecule has 0 atom stereocenters. The number of anilines is 1. The number of amides is 2. The minimum absolute atomic E-state index is 0.0335. The summed E-state index contributed by atoms with van der Waals surface area (Å²) in [6.07, 6.45) is 1.97. The molecule has 1 aliphatic rings. The highest BCUT2D eigenvalue weighted by Crippen LogP contribution is 2.30. The molecule has 1 heterocycles. The third-order valence-electron chi connectivity index (χ3n) is 3.54. The van der Waals surface area contributed by atoms with Crippen LogP contribution in [0.5, 0.6) is 0 Å². The van der Waals surface area contributed by atoms with E-state index in [1.165, 1.54) is 6.08 Å². The third kappa shape index (κ3) is 4.16. The molecule has 0 spiro atoms. The number of carbonyl (C=O) groups excluding carboxylic acids is 3.